The van der Waals surface area contributed by atoms with Gasteiger partial charge in [-0.2, -0.15) is 0 Å². The third-order valence-electron chi connectivity index (χ3n) is 2.63. The lowest BCUT2D eigenvalue weighted by atomic mass is 9.95. The summed E-state index contributed by atoms with van der Waals surface area (Å²) in [4.78, 5) is 25.3. The fraction of sp³-hybridized carbons (Fsp3) is 0.833. The van der Waals surface area contributed by atoms with Gasteiger partial charge in [-0.25, -0.2) is 0 Å². The minimum Gasteiger partial charge on any atom is -0.344 e. The molecule has 0 aromatic rings. The van der Waals surface area contributed by atoms with Crippen LogP contribution in [0.1, 0.15) is 40.5 Å². The van der Waals surface area contributed by atoms with E-state index in [0.29, 0.717) is 25.9 Å². The Morgan fingerprint density at radius 1 is 1.38 bits per heavy atom. The first kappa shape index (κ1) is 13.0. The third-order valence-corrected chi connectivity index (χ3v) is 2.63. The standard InChI is InChI=1S/C12H22N2O2/c1-5-9-11(16)14(8-12(2,3)4)7-6-10(15)13-9/h9H,5-8H2,1-4H3,(H,13,15). The summed E-state index contributed by atoms with van der Waals surface area (Å²) in [5, 5.41) is 2.76. The molecular weight excluding hydrogens is 204 g/mol. The zero-order valence-corrected chi connectivity index (χ0v) is 10.7. The maximum absolute atomic E-state index is 12.1. The number of carbonyl (C=O) groups is 2. The van der Waals surface area contributed by atoms with Crippen molar-refractivity contribution in [3.05, 3.63) is 0 Å². The molecule has 4 heteroatoms. The summed E-state index contributed by atoms with van der Waals surface area (Å²) >= 11 is 0. The van der Waals surface area contributed by atoms with Crippen LogP contribution in [0, 0.1) is 5.41 Å². The predicted molar refractivity (Wildman–Crippen MR) is 62.9 cm³/mol. The van der Waals surface area contributed by atoms with E-state index in [1.165, 1.54) is 0 Å². The van der Waals surface area contributed by atoms with Gasteiger partial charge in [0.25, 0.3) is 0 Å². The molecule has 1 unspecified atom stereocenters. The average Bonchev–Trinajstić information content (AvgIpc) is 2.28. The summed E-state index contributed by atoms with van der Waals surface area (Å²) in [6, 6.07) is -0.336. The Morgan fingerprint density at radius 3 is 2.50 bits per heavy atom. The van der Waals surface area contributed by atoms with Crippen LogP contribution in [0.25, 0.3) is 0 Å². The van der Waals surface area contributed by atoms with Crippen molar-refractivity contribution in [1.82, 2.24) is 10.2 Å². The summed E-state index contributed by atoms with van der Waals surface area (Å²) in [5.41, 5.74) is 0.0708. The van der Waals surface area contributed by atoms with Crippen molar-refractivity contribution in [1.29, 1.82) is 0 Å². The molecule has 1 aliphatic rings. The fourth-order valence-electron chi connectivity index (χ4n) is 1.90. The zero-order chi connectivity index (χ0) is 12.3. The molecule has 16 heavy (non-hydrogen) atoms. The molecule has 0 aromatic heterocycles. The number of rotatable bonds is 2. The number of nitrogens with zero attached hydrogens (tertiary/aromatic N) is 1. The Morgan fingerprint density at radius 2 is 2.00 bits per heavy atom. The van der Waals surface area contributed by atoms with Crippen LogP contribution in [0.3, 0.4) is 0 Å². The molecule has 0 aromatic carbocycles. The molecule has 0 spiro atoms. The number of amides is 2. The lowest BCUT2D eigenvalue weighted by Gasteiger charge is -2.30. The lowest BCUT2D eigenvalue weighted by molar-refractivity contribution is -0.134. The SMILES string of the molecule is CCC1NC(=O)CCN(CC(C)(C)C)C1=O. The molecule has 0 saturated carbocycles. The highest BCUT2D eigenvalue weighted by Gasteiger charge is 2.30. The van der Waals surface area contributed by atoms with Gasteiger partial charge in [-0.05, 0) is 11.8 Å². The molecule has 1 N–H and O–H groups in total. The minimum atomic E-state index is -0.336. The monoisotopic (exact) mass is 226 g/mol. The van der Waals surface area contributed by atoms with Crippen molar-refractivity contribution in [3.8, 4) is 0 Å². The van der Waals surface area contributed by atoms with Gasteiger partial charge in [0.05, 0.1) is 0 Å². The van der Waals surface area contributed by atoms with Gasteiger partial charge in [0.1, 0.15) is 6.04 Å². The average molecular weight is 226 g/mol. The molecule has 1 heterocycles. The van der Waals surface area contributed by atoms with E-state index in [1.807, 2.05) is 11.8 Å². The number of hydrogen-bond donors (Lipinski definition) is 1. The van der Waals surface area contributed by atoms with Crippen LogP contribution < -0.4 is 5.32 Å². The van der Waals surface area contributed by atoms with Crippen molar-refractivity contribution < 1.29 is 9.59 Å². The topological polar surface area (TPSA) is 49.4 Å². The van der Waals surface area contributed by atoms with Crippen molar-refractivity contribution in [3.63, 3.8) is 0 Å². The van der Waals surface area contributed by atoms with E-state index in [9.17, 15) is 9.59 Å². The van der Waals surface area contributed by atoms with Gasteiger partial charge < -0.3 is 10.2 Å². The number of carbonyl (C=O) groups excluding carboxylic acids is 2. The second-order valence-electron chi connectivity index (χ2n) is 5.60. The van der Waals surface area contributed by atoms with Gasteiger partial charge in [-0.15, -0.1) is 0 Å². The van der Waals surface area contributed by atoms with Crippen LogP contribution in [0.2, 0.25) is 0 Å². The van der Waals surface area contributed by atoms with Crippen molar-refractivity contribution in [2.45, 2.75) is 46.6 Å². The normalized spacial score (nSPS) is 23.0. The van der Waals surface area contributed by atoms with E-state index in [1.54, 1.807) is 0 Å². The number of hydrogen-bond acceptors (Lipinski definition) is 2. The predicted octanol–water partition coefficient (Wildman–Crippen LogP) is 1.16. The van der Waals surface area contributed by atoms with Gasteiger partial charge in [-0.3, -0.25) is 9.59 Å². The lowest BCUT2D eigenvalue weighted by Crippen LogP contribution is -2.46. The van der Waals surface area contributed by atoms with Crippen LogP contribution in [0.15, 0.2) is 0 Å². The summed E-state index contributed by atoms with van der Waals surface area (Å²) in [6.45, 7) is 9.46. The van der Waals surface area contributed by atoms with Gasteiger partial charge >= 0.3 is 0 Å². The molecule has 0 aliphatic carbocycles. The Kier molecular flexibility index (Phi) is 3.94. The highest BCUT2D eigenvalue weighted by molar-refractivity contribution is 5.89. The second-order valence-corrected chi connectivity index (χ2v) is 5.60. The fourth-order valence-corrected chi connectivity index (χ4v) is 1.90. The van der Waals surface area contributed by atoms with Gasteiger partial charge in [-0.1, -0.05) is 27.7 Å². The van der Waals surface area contributed by atoms with Gasteiger partial charge in [0, 0.05) is 19.5 Å². The largest absolute Gasteiger partial charge is 0.344 e. The molecule has 92 valence electrons. The molecule has 1 saturated heterocycles. The number of nitrogens with one attached hydrogen (secondary N) is 1. The van der Waals surface area contributed by atoms with E-state index in [4.69, 9.17) is 0 Å². The van der Waals surface area contributed by atoms with Crippen LogP contribution in [0.5, 0.6) is 0 Å². The van der Waals surface area contributed by atoms with E-state index in [0.717, 1.165) is 0 Å². The Balaban J connectivity index is 2.76. The summed E-state index contributed by atoms with van der Waals surface area (Å²) in [7, 11) is 0. The summed E-state index contributed by atoms with van der Waals surface area (Å²) in [5.74, 6) is 0.0416. The third kappa shape index (κ3) is 3.51. The first-order valence-corrected chi connectivity index (χ1v) is 5.91. The van der Waals surface area contributed by atoms with Crippen molar-refractivity contribution in [2.24, 2.45) is 5.41 Å². The molecule has 1 rings (SSSR count). The quantitative estimate of drug-likeness (QED) is 0.768. The van der Waals surface area contributed by atoms with E-state index < -0.39 is 0 Å². The summed E-state index contributed by atoms with van der Waals surface area (Å²) in [6.07, 6.45) is 1.07. The molecule has 1 aliphatic heterocycles. The molecule has 0 radical (unpaired) electrons. The maximum Gasteiger partial charge on any atom is 0.245 e. The molecule has 4 nitrogen and oxygen atoms in total. The van der Waals surface area contributed by atoms with Crippen LogP contribution in [-0.2, 0) is 9.59 Å². The van der Waals surface area contributed by atoms with E-state index in [2.05, 4.69) is 26.1 Å². The molecule has 0 bridgehead atoms. The van der Waals surface area contributed by atoms with Crippen molar-refractivity contribution in [2.75, 3.05) is 13.1 Å². The zero-order valence-electron chi connectivity index (χ0n) is 10.7. The van der Waals surface area contributed by atoms with E-state index >= 15 is 0 Å². The molecular formula is C12H22N2O2. The molecule has 1 fully saturated rings. The Hall–Kier alpha value is -1.06. The van der Waals surface area contributed by atoms with Crippen LogP contribution >= 0.6 is 0 Å². The molecule has 1 atom stereocenters. The first-order valence-electron chi connectivity index (χ1n) is 5.91. The van der Waals surface area contributed by atoms with E-state index in [-0.39, 0.29) is 23.3 Å². The Bertz CT molecular complexity index is 281. The van der Waals surface area contributed by atoms with Crippen LogP contribution in [-0.4, -0.2) is 35.8 Å². The second kappa shape index (κ2) is 4.85. The highest BCUT2D eigenvalue weighted by Crippen LogP contribution is 2.17. The first-order chi connectivity index (χ1) is 7.33. The van der Waals surface area contributed by atoms with Gasteiger partial charge in [0.15, 0.2) is 0 Å². The van der Waals surface area contributed by atoms with Crippen LogP contribution in [0.4, 0.5) is 0 Å². The summed E-state index contributed by atoms with van der Waals surface area (Å²) < 4.78 is 0. The van der Waals surface area contributed by atoms with Gasteiger partial charge in [0.2, 0.25) is 11.8 Å². The minimum absolute atomic E-state index is 0.0170. The highest BCUT2D eigenvalue weighted by atomic mass is 16.2. The Labute approximate surface area is 97.4 Å². The molecule has 2 amide bonds. The van der Waals surface area contributed by atoms with Crippen molar-refractivity contribution >= 4 is 11.8 Å². The maximum atomic E-state index is 12.1. The smallest absolute Gasteiger partial charge is 0.245 e.